The number of amides is 2. The molecule has 1 aliphatic carbocycles. The van der Waals surface area contributed by atoms with E-state index in [1.165, 1.54) is 18.0 Å². The molecule has 13 heteroatoms. The van der Waals surface area contributed by atoms with Crippen molar-refractivity contribution in [1.29, 1.82) is 0 Å². The summed E-state index contributed by atoms with van der Waals surface area (Å²) in [4.78, 5) is 38.6. The van der Waals surface area contributed by atoms with E-state index in [0.29, 0.717) is 35.2 Å². The third-order valence-corrected chi connectivity index (χ3v) is 7.42. The van der Waals surface area contributed by atoms with Gasteiger partial charge in [0.05, 0.1) is 25.9 Å². The minimum atomic E-state index is -4.54. The number of anilines is 1. The van der Waals surface area contributed by atoms with Gasteiger partial charge in [0.2, 0.25) is 5.88 Å². The van der Waals surface area contributed by atoms with Crippen molar-refractivity contribution >= 4 is 11.8 Å². The number of carbonyl (C=O) groups excluding carboxylic acids is 1. The molecule has 0 spiro atoms. The Bertz CT molecular complexity index is 1650. The number of halogens is 3. The van der Waals surface area contributed by atoms with Gasteiger partial charge in [-0.1, -0.05) is 24.3 Å². The number of fused-ring (bicyclic) bond motifs is 1. The Labute approximate surface area is 240 Å². The molecule has 3 aromatic heterocycles. The molecule has 2 aliphatic rings. The van der Waals surface area contributed by atoms with Crippen molar-refractivity contribution in [3.05, 3.63) is 65.5 Å². The van der Waals surface area contributed by atoms with Crippen molar-refractivity contribution < 1.29 is 22.7 Å². The monoisotopic (exact) mass is 578 g/mol. The zero-order chi connectivity index (χ0) is 29.8. The summed E-state index contributed by atoms with van der Waals surface area (Å²) in [6.45, 7) is 4.14. The van der Waals surface area contributed by atoms with Gasteiger partial charge in [-0.15, -0.1) is 0 Å². The second kappa shape index (κ2) is 10.4. The maximum absolute atomic E-state index is 13.4. The van der Waals surface area contributed by atoms with Crippen LogP contribution in [0.3, 0.4) is 0 Å². The number of urea groups is 1. The van der Waals surface area contributed by atoms with Crippen molar-refractivity contribution in [2.24, 2.45) is 0 Å². The first kappa shape index (κ1) is 27.6. The van der Waals surface area contributed by atoms with E-state index >= 15 is 0 Å². The number of hydrogen-bond acceptors (Lipinski definition) is 7. The number of alkyl halides is 3. The van der Waals surface area contributed by atoms with Gasteiger partial charge < -0.3 is 14.2 Å². The van der Waals surface area contributed by atoms with Gasteiger partial charge in [0, 0.05) is 42.5 Å². The molecule has 6 rings (SSSR count). The fraction of sp³-hybridized carbons (Fsp3) is 0.379. The van der Waals surface area contributed by atoms with Crippen LogP contribution < -0.4 is 9.64 Å². The number of nitrogens with zero attached hydrogens (tertiary/aromatic N) is 8. The van der Waals surface area contributed by atoms with Gasteiger partial charge >= 0.3 is 12.2 Å². The third kappa shape index (κ3) is 5.03. The molecule has 0 unspecified atom stereocenters. The summed E-state index contributed by atoms with van der Waals surface area (Å²) in [6.07, 6.45) is 1.70. The molecule has 4 aromatic rings. The molecule has 0 N–H and O–H groups in total. The van der Waals surface area contributed by atoms with Crippen molar-refractivity contribution in [2.45, 2.75) is 57.9 Å². The van der Waals surface area contributed by atoms with Crippen LogP contribution in [0.25, 0.3) is 22.8 Å². The molecule has 1 aromatic carbocycles. The second-order valence-electron chi connectivity index (χ2n) is 10.8. The lowest BCUT2D eigenvalue weighted by Crippen LogP contribution is -2.45. The molecular weight excluding hydrogens is 549 g/mol. The van der Waals surface area contributed by atoms with Gasteiger partial charge in [-0.2, -0.15) is 13.2 Å². The summed E-state index contributed by atoms with van der Waals surface area (Å²) in [7, 11) is 3.24. The Kier molecular flexibility index (Phi) is 6.82. The fourth-order valence-corrected chi connectivity index (χ4v) is 5.12. The molecule has 0 bridgehead atoms. The van der Waals surface area contributed by atoms with Crippen molar-refractivity contribution in [3.63, 3.8) is 0 Å². The number of aromatic nitrogens is 6. The van der Waals surface area contributed by atoms with E-state index in [-0.39, 0.29) is 30.4 Å². The Morgan fingerprint density at radius 1 is 1.07 bits per heavy atom. The lowest BCUT2D eigenvalue weighted by Gasteiger charge is -2.34. The highest BCUT2D eigenvalue weighted by atomic mass is 19.4. The molecule has 10 nitrogen and oxygen atoms in total. The fourth-order valence-electron chi connectivity index (χ4n) is 5.12. The van der Waals surface area contributed by atoms with Gasteiger partial charge in [-0.25, -0.2) is 29.7 Å². The van der Waals surface area contributed by atoms with Crippen LogP contribution in [-0.2, 0) is 19.3 Å². The summed E-state index contributed by atoms with van der Waals surface area (Å²) in [6, 6.07) is 6.55. The van der Waals surface area contributed by atoms with E-state index in [2.05, 4.69) is 19.9 Å². The van der Waals surface area contributed by atoms with E-state index < -0.39 is 11.9 Å². The van der Waals surface area contributed by atoms with Crippen LogP contribution in [0.1, 0.15) is 61.2 Å². The van der Waals surface area contributed by atoms with Crippen LogP contribution in [0, 0.1) is 0 Å². The molecule has 1 fully saturated rings. The normalized spacial score (nSPS) is 15.4. The van der Waals surface area contributed by atoms with Crippen LogP contribution in [0.5, 0.6) is 5.88 Å². The number of benzene rings is 1. The highest BCUT2D eigenvalue weighted by molar-refractivity contribution is 5.93. The molecule has 2 amide bonds. The maximum Gasteiger partial charge on any atom is 0.434 e. The molecule has 0 radical (unpaired) electrons. The molecule has 42 heavy (non-hydrogen) atoms. The SMILES string of the molecule is COc1ncnc(C2CC2)c1-c1ncc2c(n1)N(Cc1ccc(-c3nc(C(F)(F)F)cn3C(C)C)cc1)C(=O)N(C)C2. The smallest absolute Gasteiger partial charge is 0.434 e. The number of imidazole rings is 1. The number of methoxy groups -OCH3 is 1. The van der Waals surface area contributed by atoms with Crippen LogP contribution in [0.15, 0.2) is 43.0 Å². The quantitative estimate of drug-likeness (QED) is 0.271. The van der Waals surface area contributed by atoms with Crippen LogP contribution in [0.2, 0.25) is 0 Å². The Morgan fingerprint density at radius 2 is 1.81 bits per heavy atom. The zero-order valence-electron chi connectivity index (χ0n) is 23.6. The van der Waals surface area contributed by atoms with Crippen LogP contribution >= 0.6 is 0 Å². The van der Waals surface area contributed by atoms with E-state index in [1.807, 2.05) is 0 Å². The summed E-state index contributed by atoms with van der Waals surface area (Å²) in [5.41, 5.74) is 2.61. The van der Waals surface area contributed by atoms with E-state index in [1.54, 1.807) is 61.2 Å². The number of hydrogen-bond donors (Lipinski definition) is 0. The van der Waals surface area contributed by atoms with Gasteiger partial charge in [-0.05, 0) is 32.3 Å². The van der Waals surface area contributed by atoms with Crippen LogP contribution in [0.4, 0.5) is 23.8 Å². The van der Waals surface area contributed by atoms with Crippen molar-refractivity contribution in [3.8, 4) is 28.7 Å². The average molecular weight is 579 g/mol. The molecule has 4 heterocycles. The third-order valence-electron chi connectivity index (χ3n) is 7.42. The highest BCUT2D eigenvalue weighted by Gasteiger charge is 2.36. The zero-order valence-corrected chi connectivity index (χ0v) is 23.6. The standard InChI is InChI=1S/C29H29F3N8O2/c1-16(2)39-14-21(29(30,31)32)36-25(39)19-7-5-17(6-8-19)12-40-26-20(13-38(3)28(40)41)11-33-24(37-26)22-23(18-9-10-18)34-15-35-27(22)42-4/h5-8,11,14-16,18H,9-10,12-13H2,1-4H3. The second-order valence-corrected chi connectivity index (χ2v) is 10.8. The van der Waals surface area contributed by atoms with Gasteiger partial charge in [-0.3, -0.25) is 4.90 Å². The first-order valence-corrected chi connectivity index (χ1v) is 13.6. The Hall–Kier alpha value is -4.55. The molecule has 218 valence electrons. The Balaban J connectivity index is 1.34. The van der Waals surface area contributed by atoms with E-state index in [0.717, 1.165) is 35.9 Å². The number of ether oxygens (including phenoxy) is 1. The van der Waals surface area contributed by atoms with Gasteiger partial charge in [0.25, 0.3) is 0 Å². The molecular formula is C29H29F3N8O2. The minimum Gasteiger partial charge on any atom is -0.480 e. The van der Waals surface area contributed by atoms with Crippen LogP contribution in [-0.4, -0.2) is 54.6 Å². The van der Waals surface area contributed by atoms with Gasteiger partial charge in [0.15, 0.2) is 11.5 Å². The van der Waals surface area contributed by atoms with E-state index in [9.17, 15) is 18.0 Å². The molecule has 0 saturated heterocycles. The summed E-state index contributed by atoms with van der Waals surface area (Å²) in [5.74, 6) is 1.75. The molecule has 1 aliphatic heterocycles. The topological polar surface area (TPSA) is 102 Å². The lowest BCUT2D eigenvalue weighted by atomic mass is 10.1. The summed E-state index contributed by atoms with van der Waals surface area (Å²) >= 11 is 0. The Morgan fingerprint density at radius 3 is 2.45 bits per heavy atom. The minimum absolute atomic E-state index is 0.192. The number of rotatable bonds is 7. The highest BCUT2D eigenvalue weighted by Crippen LogP contribution is 2.45. The number of carbonyl (C=O) groups is 1. The first-order chi connectivity index (χ1) is 20.0. The van der Waals surface area contributed by atoms with Crippen molar-refractivity contribution in [1.82, 2.24) is 34.4 Å². The molecule has 0 atom stereocenters. The summed E-state index contributed by atoms with van der Waals surface area (Å²) in [5, 5.41) is 0. The lowest BCUT2D eigenvalue weighted by molar-refractivity contribution is -0.140. The predicted molar refractivity (Wildman–Crippen MR) is 148 cm³/mol. The van der Waals surface area contributed by atoms with Gasteiger partial charge in [0.1, 0.15) is 23.5 Å². The maximum atomic E-state index is 13.4. The molecule has 1 saturated carbocycles. The predicted octanol–water partition coefficient (Wildman–Crippen LogP) is 5.85. The van der Waals surface area contributed by atoms with E-state index in [4.69, 9.17) is 9.72 Å². The average Bonchev–Trinajstić information content (AvgIpc) is 3.71. The largest absolute Gasteiger partial charge is 0.480 e. The summed E-state index contributed by atoms with van der Waals surface area (Å²) < 4.78 is 47.2. The van der Waals surface area contributed by atoms with Crippen molar-refractivity contribution in [2.75, 3.05) is 19.1 Å². The first-order valence-electron chi connectivity index (χ1n) is 13.6.